The number of aliphatic hydroxyl groups excluding tert-OH is 1. The molecule has 2 aromatic rings. The Labute approximate surface area is 131 Å². The fourth-order valence-electron chi connectivity index (χ4n) is 2.46. The van der Waals surface area contributed by atoms with Crippen molar-refractivity contribution in [1.82, 2.24) is 15.0 Å². The van der Waals surface area contributed by atoms with Gasteiger partial charge in [0.15, 0.2) is 0 Å². The van der Waals surface area contributed by atoms with Crippen molar-refractivity contribution >= 4 is 11.6 Å². The molecular formula is C14H15ClFN3O3. The van der Waals surface area contributed by atoms with Gasteiger partial charge in [-0.1, -0.05) is 22.9 Å². The second kappa shape index (κ2) is 6.29. The summed E-state index contributed by atoms with van der Waals surface area (Å²) in [6, 6.07) is 3.97. The maximum atomic E-state index is 13.9. The Bertz CT molecular complexity index is 667. The van der Waals surface area contributed by atoms with E-state index in [4.69, 9.17) is 21.1 Å². The van der Waals surface area contributed by atoms with Gasteiger partial charge in [-0.25, -0.2) is 9.07 Å². The average Bonchev–Trinajstić information content (AvgIpc) is 3.15. The van der Waals surface area contributed by atoms with Gasteiger partial charge < -0.3 is 14.6 Å². The zero-order valence-electron chi connectivity index (χ0n) is 11.8. The van der Waals surface area contributed by atoms with E-state index in [-0.39, 0.29) is 28.4 Å². The molecule has 0 aliphatic carbocycles. The predicted octanol–water partition coefficient (Wildman–Crippen LogP) is 1.74. The highest BCUT2D eigenvalue weighted by atomic mass is 35.5. The van der Waals surface area contributed by atoms with Crippen molar-refractivity contribution in [1.29, 1.82) is 0 Å². The van der Waals surface area contributed by atoms with Crippen LogP contribution in [-0.4, -0.2) is 46.5 Å². The highest BCUT2D eigenvalue weighted by Gasteiger charge is 2.31. The number of aromatic nitrogens is 3. The molecule has 3 rings (SSSR count). The first-order valence-corrected chi connectivity index (χ1v) is 7.13. The molecule has 1 aliphatic rings. The van der Waals surface area contributed by atoms with Gasteiger partial charge in [-0.05, 0) is 12.1 Å². The standard InChI is InChI=1S/C14H15ClFN3O3/c1-21-13-7-22-6-12(13)19-5-11(17-18-19)14(20)9-3-2-8(15)4-10(9)16/h2-5,12-14,20H,6-7H2,1H3/t12-,13-,14?/m1/s1. The molecule has 0 radical (unpaired) electrons. The Hall–Kier alpha value is -1.54. The minimum atomic E-state index is -1.21. The molecule has 8 heteroatoms. The van der Waals surface area contributed by atoms with Crippen molar-refractivity contribution in [3.05, 3.63) is 46.5 Å². The fraction of sp³-hybridized carbons (Fsp3) is 0.429. The molecule has 118 valence electrons. The van der Waals surface area contributed by atoms with Gasteiger partial charge in [-0.15, -0.1) is 5.10 Å². The van der Waals surface area contributed by atoms with Crippen molar-refractivity contribution < 1.29 is 19.0 Å². The van der Waals surface area contributed by atoms with Crippen molar-refractivity contribution in [2.45, 2.75) is 18.2 Å². The summed E-state index contributed by atoms with van der Waals surface area (Å²) in [5.74, 6) is -0.589. The fourth-order valence-corrected chi connectivity index (χ4v) is 2.61. The SMILES string of the molecule is CO[C@@H]1COC[C@H]1n1cc(C(O)c2ccc(Cl)cc2F)nn1. The van der Waals surface area contributed by atoms with Crippen LogP contribution in [0.1, 0.15) is 23.4 Å². The third kappa shape index (κ3) is 2.85. The Morgan fingerprint density at radius 1 is 1.50 bits per heavy atom. The van der Waals surface area contributed by atoms with Gasteiger partial charge in [0.05, 0.1) is 19.4 Å². The summed E-state index contributed by atoms with van der Waals surface area (Å²) in [6.07, 6.45) is 0.234. The number of rotatable bonds is 4. The molecule has 1 aromatic heterocycles. The van der Waals surface area contributed by atoms with Crippen molar-refractivity contribution in [3.63, 3.8) is 0 Å². The topological polar surface area (TPSA) is 69.4 Å². The van der Waals surface area contributed by atoms with Crippen LogP contribution in [0.3, 0.4) is 0 Å². The molecule has 0 bridgehead atoms. The summed E-state index contributed by atoms with van der Waals surface area (Å²) in [4.78, 5) is 0. The van der Waals surface area contributed by atoms with Gasteiger partial charge in [0.25, 0.3) is 0 Å². The number of methoxy groups -OCH3 is 1. The molecule has 0 amide bonds. The number of aliphatic hydroxyl groups is 1. The molecule has 1 unspecified atom stereocenters. The van der Waals surface area contributed by atoms with E-state index in [9.17, 15) is 9.50 Å². The van der Waals surface area contributed by atoms with E-state index >= 15 is 0 Å². The van der Waals surface area contributed by atoms with Gasteiger partial charge in [-0.2, -0.15) is 0 Å². The van der Waals surface area contributed by atoms with Crippen LogP contribution in [0.2, 0.25) is 5.02 Å². The molecule has 1 aromatic carbocycles. The lowest BCUT2D eigenvalue weighted by Gasteiger charge is -2.15. The number of hydrogen-bond donors (Lipinski definition) is 1. The molecule has 6 nitrogen and oxygen atoms in total. The molecule has 1 saturated heterocycles. The lowest BCUT2D eigenvalue weighted by Crippen LogP contribution is -2.24. The van der Waals surface area contributed by atoms with Gasteiger partial charge in [0.2, 0.25) is 0 Å². The summed E-state index contributed by atoms with van der Waals surface area (Å²) in [7, 11) is 1.60. The number of nitrogens with zero attached hydrogens (tertiary/aromatic N) is 3. The smallest absolute Gasteiger partial charge is 0.130 e. The Morgan fingerprint density at radius 2 is 2.32 bits per heavy atom. The van der Waals surface area contributed by atoms with E-state index in [0.717, 1.165) is 6.07 Å². The summed E-state index contributed by atoms with van der Waals surface area (Å²) in [6.45, 7) is 0.928. The van der Waals surface area contributed by atoms with E-state index in [1.54, 1.807) is 18.0 Å². The van der Waals surface area contributed by atoms with E-state index in [2.05, 4.69) is 10.3 Å². The van der Waals surface area contributed by atoms with Gasteiger partial charge >= 0.3 is 0 Å². The predicted molar refractivity (Wildman–Crippen MR) is 76.1 cm³/mol. The van der Waals surface area contributed by atoms with E-state index in [1.165, 1.54) is 12.1 Å². The first kappa shape index (κ1) is 15.4. The number of benzene rings is 1. The first-order chi connectivity index (χ1) is 10.6. The second-order valence-electron chi connectivity index (χ2n) is 5.07. The van der Waals surface area contributed by atoms with Gasteiger partial charge in [-0.3, -0.25) is 0 Å². The molecular weight excluding hydrogens is 313 g/mol. The summed E-state index contributed by atoms with van der Waals surface area (Å²) in [5.41, 5.74) is 0.352. The zero-order chi connectivity index (χ0) is 15.7. The van der Waals surface area contributed by atoms with Gasteiger partial charge in [0.1, 0.15) is 29.8 Å². The highest BCUT2D eigenvalue weighted by Crippen LogP contribution is 2.27. The number of hydrogen-bond acceptors (Lipinski definition) is 5. The molecule has 0 saturated carbocycles. The third-order valence-corrected chi connectivity index (χ3v) is 3.94. The van der Waals surface area contributed by atoms with Crippen LogP contribution >= 0.6 is 11.6 Å². The highest BCUT2D eigenvalue weighted by molar-refractivity contribution is 6.30. The van der Waals surface area contributed by atoms with Crippen molar-refractivity contribution in [2.24, 2.45) is 0 Å². The molecule has 1 aliphatic heterocycles. The monoisotopic (exact) mass is 327 g/mol. The summed E-state index contributed by atoms with van der Waals surface area (Å²) in [5, 5.41) is 18.5. The maximum Gasteiger partial charge on any atom is 0.130 e. The molecule has 3 atom stereocenters. The lowest BCUT2D eigenvalue weighted by atomic mass is 10.1. The second-order valence-corrected chi connectivity index (χ2v) is 5.51. The van der Waals surface area contributed by atoms with Crippen LogP contribution in [0.4, 0.5) is 4.39 Å². The normalized spacial score (nSPS) is 22.9. The van der Waals surface area contributed by atoms with Crippen LogP contribution < -0.4 is 0 Å². The summed E-state index contributed by atoms with van der Waals surface area (Å²) < 4.78 is 26.1. The van der Waals surface area contributed by atoms with Gasteiger partial charge in [0, 0.05) is 17.7 Å². The molecule has 1 N–H and O–H groups in total. The molecule has 2 heterocycles. The van der Waals surface area contributed by atoms with E-state index < -0.39 is 11.9 Å². The number of halogens is 2. The Balaban J connectivity index is 1.84. The minimum absolute atomic E-state index is 0.0995. The average molecular weight is 328 g/mol. The Morgan fingerprint density at radius 3 is 3.05 bits per heavy atom. The zero-order valence-corrected chi connectivity index (χ0v) is 12.6. The van der Waals surface area contributed by atoms with E-state index in [1.807, 2.05) is 0 Å². The first-order valence-electron chi connectivity index (χ1n) is 6.75. The molecule has 0 spiro atoms. The lowest BCUT2D eigenvalue weighted by molar-refractivity contribution is 0.0661. The van der Waals surface area contributed by atoms with Crippen molar-refractivity contribution in [2.75, 3.05) is 20.3 Å². The molecule has 22 heavy (non-hydrogen) atoms. The minimum Gasteiger partial charge on any atom is -0.382 e. The van der Waals surface area contributed by atoms with Crippen LogP contribution in [0.5, 0.6) is 0 Å². The van der Waals surface area contributed by atoms with Crippen molar-refractivity contribution in [3.8, 4) is 0 Å². The quantitative estimate of drug-likeness (QED) is 0.926. The largest absolute Gasteiger partial charge is 0.382 e. The van der Waals surface area contributed by atoms with Crippen LogP contribution in [0, 0.1) is 5.82 Å². The van der Waals surface area contributed by atoms with Crippen LogP contribution in [-0.2, 0) is 9.47 Å². The van der Waals surface area contributed by atoms with Crippen LogP contribution in [0.25, 0.3) is 0 Å². The Kier molecular flexibility index (Phi) is 4.39. The van der Waals surface area contributed by atoms with E-state index in [0.29, 0.717) is 13.2 Å². The number of ether oxygens (including phenoxy) is 2. The maximum absolute atomic E-state index is 13.9. The summed E-state index contributed by atoms with van der Waals surface area (Å²) >= 11 is 5.71. The third-order valence-electron chi connectivity index (χ3n) is 3.71. The molecule has 1 fully saturated rings. The van der Waals surface area contributed by atoms with Crippen LogP contribution in [0.15, 0.2) is 24.4 Å².